The van der Waals surface area contributed by atoms with Crippen LogP contribution in [-0.2, 0) is 5.41 Å². The number of hydrogen-bond acceptors (Lipinski definition) is 1. The molecule has 2 rings (SSSR count). The zero-order chi connectivity index (χ0) is 15.5. The van der Waals surface area contributed by atoms with Gasteiger partial charge in [0.2, 0.25) is 0 Å². The van der Waals surface area contributed by atoms with Crippen molar-refractivity contribution in [2.75, 3.05) is 0 Å². The maximum absolute atomic E-state index is 5.86. The molecule has 1 unspecified atom stereocenters. The quantitative estimate of drug-likeness (QED) is 0.770. The van der Waals surface area contributed by atoms with Crippen molar-refractivity contribution >= 4 is 12.2 Å². The minimum absolute atomic E-state index is 0.0907. The highest BCUT2D eigenvalue weighted by atomic mass is 14.6. The van der Waals surface area contributed by atoms with Gasteiger partial charge >= 0.3 is 0 Å². The monoisotopic (exact) mass is 279 g/mol. The van der Waals surface area contributed by atoms with Gasteiger partial charge in [-0.25, -0.2) is 0 Å². The van der Waals surface area contributed by atoms with Gasteiger partial charge in [0.1, 0.15) is 0 Å². The average Bonchev–Trinajstić information content (AvgIpc) is 2.45. The van der Waals surface area contributed by atoms with Crippen LogP contribution in [-0.4, -0.2) is 0 Å². The van der Waals surface area contributed by atoms with Crippen LogP contribution in [0.3, 0.4) is 0 Å². The number of rotatable bonds is 3. The summed E-state index contributed by atoms with van der Waals surface area (Å²) < 4.78 is 0. The summed E-state index contributed by atoms with van der Waals surface area (Å²) >= 11 is 0. The minimum Gasteiger partial charge on any atom is -0.324 e. The summed E-state index contributed by atoms with van der Waals surface area (Å²) in [5.74, 6) is 0. The predicted molar refractivity (Wildman–Crippen MR) is 93.1 cm³/mol. The van der Waals surface area contributed by atoms with Crippen molar-refractivity contribution < 1.29 is 0 Å². The van der Waals surface area contributed by atoms with E-state index >= 15 is 0 Å². The topological polar surface area (TPSA) is 26.0 Å². The molecule has 1 heteroatoms. The fraction of sp³-hybridized carbons (Fsp3) is 0.300. The summed E-state index contributed by atoms with van der Waals surface area (Å²) in [4.78, 5) is 0. The SMILES string of the molecule is CC(N)c1ccc(/C=C/c2ccc(C(C)(C)C)cc2)cc1. The van der Waals surface area contributed by atoms with Crippen molar-refractivity contribution in [3.63, 3.8) is 0 Å². The van der Waals surface area contributed by atoms with Crippen LogP contribution in [0.2, 0.25) is 0 Å². The molecule has 1 atom stereocenters. The molecule has 1 nitrogen and oxygen atoms in total. The molecule has 0 amide bonds. The Bertz CT molecular complexity index is 596. The molecular weight excluding hydrogens is 254 g/mol. The third-order valence-corrected chi connectivity index (χ3v) is 3.71. The molecule has 0 aliphatic heterocycles. The molecule has 0 bridgehead atoms. The maximum Gasteiger partial charge on any atom is 0.0266 e. The Morgan fingerprint density at radius 3 is 1.62 bits per heavy atom. The Morgan fingerprint density at radius 1 is 0.810 bits per heavy atom. The fourth-order valence-corrected chi connectivity index (χ4v) is 2.20. The van der Waals surface area contributed by atoms with Gasteiger partial charge in [-0.05, 0) is 34.6 Å². The van der Waals surface area contributed by atoms with Gasteiger partial charge in [0.15, 0.2) is 0 Å². The Kier molecular flexibility index (Phi) is 4.64. The smallest absolute Gasteiger partial charge is 0.0266 e. The maximum atomic E-state index is 5.86. The van der Waals surface area contributed by atoms with Gasteiger partial charge < -0.3 is 5.73 Å². The van der Waals surface area contributed by atoms with Crippen molar-refractivity contribution in [2.24, 2.45) is 5.73 Å². The first-order valence-corrected chi connectivity index (χ1v) is 7.50. The van der Waals surface area contributed by atoms with E-state index in [0.29, 0.717) is 0 Å². The molecule has 2 aromatic rings. The fourth-order valence-electron chi connectivity index (χ4n) is 2.20. The molecule has 0 saturated carbocycles. The molecule has 0 heterocycles. The van der Waals surface area contributed by atoms with E-state index in [9.17, 15) is 0 Å². The van der Waals surface area contributed by atoms with Crippen LogP contribution in [0.1, 0.15) is 56.0 Å². The molecule has 2 N–H and O–H groups in total. The van der Waals surface area contributed by atoms with Crippen molar-refractivity contribution in [1.29, 1.82) is 0 Å². The molecule has 0 aromatic heterocycles. The summed E-state index contributed by atoms with van der Waals surface area (Å²) in [6.07, 6.45) is 4.28. The average molecular weight is 279 g/mol. The van der Waals surface area contributed by atoms with E-state index in [1.54, 1.807) is 0 Å². The summed E-state index contributed by atoms with van der Waals surface area (Å²) in [5.41, 5.74) is 11.0. The highest BCUT2D eigenvalue weighted by Crippen LogP contribution is 2.22. The van der Waals surface area contributed by atoms with Crippen molar-refractivity contribution in [1.82, 2.24) is 0 Å². The third kappa shape index (κ3) is 4.30. The van der Waals surface area contributed by atoms with Crippen LogP contribution in [0, 0.1) is 0 Å². The first-order valence-electron chi connectivity index (χ1n) is 7.50. The van der Waals surface area contributed by atoms with Gasteiger partial charge in [0.05, 0.1) is 0 Å². The zero-order valence-corrected chi connectivity index (χ0v) is 13.4. The van der Waals surface area contributed by atoms with Gasteiger partial charge in [-0.15, -0.1) is 0 Å². The van der Waals surface area contributed by atoms with Gasteiger partial charge in [-0.1, -0.05) is 81.5 Å². The van der Waals surface area contributed by atoms with E-state index in [1.165, 1.54) is 22.3 Å². The summed E-state index contributed by atoms with van der Waals surface area (Å²) in [5, 5.41) is 0. The van der Waals surface area contributed by atoms with Gasteiger partial charge in [0.25, 0.3) is 0 Å². The molecule has 21 heavy (non-hydrogen) atoms. The van der Waals surface area contributed by atoms with Crippen LogP contribution >= 0.6 is 0 Å². The first kappa shape index (κ1) is 15.5. The molecule has 0 radical (unpaired) electrons. The summed E-state index contributed by atoms with van der Waals surface area (Å²) in [7, 11) is 0. The van der Waals surface area contributed by atoms with Crippen molar-refractivity contribution in [3.8, 4) is 0 Å². The molecule has 0 aliphatic rings. The van der Waals surface area contributed by atoms with Crippen molar-refractivity contribution in [2.45, 2.75) is 39.2 Å². The summed E-state index contributed by atoms with van der Waals surface area (Å²) in [6, 6.07) is 17.3. The normalized spacial score (nSPS) is 13.6. The lowest BCUT2D eigenvalue weighted by atomic mass is 9.87. The molecule has 0 aliphatic carbocycles. The van der Waals surface area contributed by atoms with Crippen molar-refractivity contribution in [3.05, 3.63) is 70.8 Å². The van der Waals surface area contributed by atoms with E-state index in [0.717, 1.165) is 0 Å². The second kappa shape index (κ2) is 6.28. The molecular formula is C20H25N. The Morgan fingerprint density at radius 2 is 1.24 bits per heavy atom. The van der Waals surface area contributed by atoms with Crippen LogP contribution < -0.4 is 5.73 Å². The molecule has 0 fully saturated rings. The van der Waals surface area contributed by atoms with Crippen LogP contribution in [0.5, 0.6) is 0 Å². The van der Waals surface area contributed by atoms with Crippen LogP contribution in [0.25, 0.3) is 12.2 Å². The molecule has 0 spiro atoms. The molecule has 110 valence electrons. The van der Waals surface area contributed by atoms with Gasteiger partial charge in [0, 0.05) is 6.04 Å². The highest BCUT2D eigenvalue weighted by molar-refractivity contribution is 5.69. The standard InChI is InChI=1S/C20H25N/c1-15(21)18-11-7-16(8-12-18)5-6-17-9-13-19(14-10-17)20(2,3)4/h5-15H,21H2,1-4H3/b6-5+. The highest BCUT2D eigenvalue weighted by Gasteiger charge is 2.12. The zero-order valence-electron chi connectivity index (χ0n) is 13.4. The first-order chi connectivity index (χ1) is 9.86. The molecule has 2 aromatic carbocycles. The largest absolute Gasteiger partial charge is 0.324 e. The lowest BCUT2D eigenvalue weighted by Crippen LogP contribution is -2.10. The minimum atomic E-state index is 0.0907. The van der Waals surface area contributed by atoms with E-state index < -0.39 is 0 Å². The number of benzene rings is 2. The molecule has 0 saturated heterocycles. The number of hydrogen-bond donors (Lipinski definition) is 1. The van der Waals surface area contributed by atoms with E-state index in [2.05, 4.69) is 81.5 Å². The Hall–Kier alpha value is -1.86. The van der Waals surface area contributed by atoms with E-state index in [-0.39, 0.29) is 11.5 Å². The van der Waals surface area contributed by atoms with Gasteiger partial charge in [-0.2, -0.15) is 0 Å². The van der Waals surface area contributed by atoms with Gasteiger partial charge in [-0.3, -0.25) is 0 Å². The third-order valence-electron chi connectivity index (χ3n) is 3.71. The lowest BCUT2D eigenvalue weighted by molar-refractivity contribution is 0.590. The summed E-state index contributed by atoms with van der Waals surface area (Å²) in [6.45, 7) is 8.70. The van der Waals surface area contributed by atoms with E-state index in [1.807, 2.05) is 6.92 Å². The number of nitrogens with two attached hydrogens (primary N) is 1. The lowest BCUT2D eigenvalue weighted by Gasteiger charge is -2.18. The Labute approximate surface area is 128 Å². The van der Waals surface area contributed by atoms with Crippen LogP contribution in [0.4, 0.5) is 0 Å². The Balaban J connectivity index is 2.10. The predicted octanol–water partition coefficient (Wildman–Crippen LogP) is 5.17. The second-order valence-corrected chi connectivity index (χ2v) is 6.66. The van der Waals surface area contributed by atoms with E-state index in [4.69, 9.17) is 5.73 Å². The second-order valence-electron chi connectivity index (χ2n) is 6.66. The van der Waals surface area contributed by atoms with Crippen LogP contribution in [0.15, 0.2) is 48.5 Å².